The molecule has 1 amide bonds. The van der Waals surface area contributed by atoms with Gasteiger partial charge in [0.25, 0.3) is 0 Å². The fourth-order valence-electron chi connectivity index (χ4n) is 3.10. The molecule has 0 saturated carbocycles. The van der Waals surface area contributed by atoms with Crippen LogP contribution < -0.4 is 5.73 Å². The van der Waals surface area contributed by atoms with Crippen LogP contribution in [0.4, 0.5) is 0 Å². The van der Waals surface area contributed by atoms with Crippen LogP contribution in [0.25, 0.3) is 0 Å². The Hall–Kier alpha value is -2.41. The largest absolute Gasteiger partial charge is 0.467 e. The van der Waals surface area contributed by atoms with Crippen molar-refractivity contribution in [2.45, 2.75) is 44.9 Å². The van der Waals surface area contributed by atoms with Crippen LogP contribution in [-0.2, 0) is 19.1 Å². The zero-order chi connectivity index (χ0) is 19.3. The molecule has 1 heterocycles. The minimum atomic E-state index is -0.792. The Bertz CT molecular complexity index is 647. The molecule has 1 aliphatic rings. The van der Waals surface area contributed by atoms with Crippen LogP contribution in [0.15, 0.2) is 30.3 Å². The highest BCUT2D eigenvalue weighted by Crippen LogP contribution is 2.24. The second-order valence-corrected chi connectivity index (χ2v) is 6.89. The Morgan fingerprint density at radius 3 is 2.46 bits per heavy atom. The molecule has 3 atom stereocenters. The third-order valence-electron chi connectivity index (χ3n) is 4.34. The molecule has 1 aromatic carbocycles. The molecule has 1 aliphatic heterocycles. The number of methoxy groups -OCH3 is 1. The summed E-state index contributed by atoms with van der Waals surface area (Å²) in [5.41, 5.74) is 6.41. The number of esters is 2. The van der Waals surface area contributed by atoms with Gasteiger partial charge in [-0.3, -0.25) is 4.79 Å². The molecule has 142 valence electrons. The average Bonchev–Trinajstić information content (AvgIpc) is 3.04. The highest BCUT2D eigenvalue weighted by molar-refractivity contribution is 5.90. The van der Waals surface area contributed by atoms with Gasteiger partial charge in [-0.05, 0) is 24.5 Å². The predicted molar refractivity (Wildman–Crippen MR) is 95.2 cm³/mol. The van der Waals surface area contributed by atoms with E-state index < -0.39 is 30.1 Å². The Morgan fingerprint density at radius 1 is 1.23 bits per heavy atom. The number of carbonyl (C=O) groups excluding carboxylic acids is 3. The van der Waals surface area contributed by atoms with Crippen molar-refractivity contribution in [3.63, 3.8) is 0 Å². The van der Waals surface area contributed by atoms with Gasteiger partial charge in [0, 0.05) is 6.42 Å². The maximum Gasteiger partial charge on any atom is 0.338 e. The fourth-order valence-corrected chi connectivity index (χ4v) is 3.10. The Balaban J connectivity index is 2.09. The second kappa shape index (κ2) is 8.80. The van der Waals surface area contributed by atoms with Gasteiger partial charge in [0.15, 0.2) is 0 Å². The number of nitrogens with zero attached hydrogens (tertiary/aromatic N) is 1. The van der Waals surface area contributed by atoms with E-state index in [1.807, 2.05) is 13.8 Å². The van der Waals surface area contributed by atoms with Crippen molar-refractivity contribution in [3.8, 4) is 0 Å². The van der Waals surface area contributed by atoms with Crippen molar-refractivity contribution < 1.29 is 23.9 Å². The number of benzene rings is 1. The standard InChI is InChI=1S/C19H26N2O5/c1-12(2)9-15(20)17(22)21-11-14(10-16(21)19(24)25-3)26-18(23)13-7-5-4-6-8-13/h4-8,12,14-16H,9-11,20H2,1-3H3. The molecule has 0 aliphatic carbocycles. The van der Waals surface area contributed by atoms with Crippen molar-refractivity contribution >= 4 is 17.8 Å². The minimum absolute atomic E-state index is 0.128. The zero-order valence-electron chi connectivity index (χ0n) is 15.4. The summed E-state index contributed by atoms with van der Waals surface area (Å²) in [5, 5.41) is 0. The second-order valence-electron chi connectivity index (χ2n) is 6.89. The molecule has 7 heteroatoms. The predicted octanol–water partition coefficient (Wildman–Crippen LogP) is 1.36. The van der Waals surface area contributed by atoms with Crippen molar-refractivity contribution in [1.82, 2.24) is 4.90 Å². The van der Waals surface area contributed by atoms with Crippen LogP contribution in [0.1, 0.15) is 37.0 Å². The van der Waals surface area contributed by atoms with Crippen molar-refractivity contribution in [3.05, 3.63) is 35.9 Å². The molecule has 0 radical (unpaired) electrons. The van der Waals surface area contributed by atoms with Gasteiger partial charge in [-0.25, -0.2) is 9.59 Å². The first-order valence-electron chi connectivity index (χ1n) is 8.73. The summed E-state index contributed by atoms with van der Waals surface area (Å²) in [5.74, 6) is -1.10. The third kappa shape index (κ3) is 4.82. The molecule has 0 aromatic heterocycles. The smallest absolute Gasteiger partial charge is 0.338 e. The van der Waals surface area contributed by atoms with Crippen LogP contribution in [-0.4, -0.2) is 54.6 Å². The fraction of sp³-hybridized carbons (Fsp3) is 0.526. The number of hydrogen-bond donors (Lipinski definition) is 1. The van der Waals surface area contributed by atoms with E-state index in [0.29, 0.717) is 12.0 Å². The van der Waals surface area contributed by atoms with Gasteiger partial charge in [-0.15, -0.1) is 0 Å². The van der Waals surface area contributed by atoms with Gasteiger partial charge in [-0.2, -0.15) is 0 Å². The summed E-state index contributed by atoms with van der Waals surface area (Å²) in [7, 11) is 1.27. The van der Waals surface area contributed by atoms with Crippen LogP contribution in [0.3, 0.4) is 0 Å². The van der Waals surface area contributed by atoms with Gasteiger partial charge >= 0.3 is 11.9 Å². The van der Waals surface area contributed by atoms with E-state index in [4.69, 9.17) is 15.2 Å². The maximum atomic E-state index is 12.7. The summed E-state index contributed by atoms with van der Waals surface area (Å²) in [4.78, 5) is 38.4. The van der Waals surface area contributed by atoms with Crippen LogP contribution in [0.5, 0.6) is 0 Å². The van der Waals surface area contributed by atoms with Gasteiger partial charge in [0.05, 0.1) is 25.3 Å². The van der Waals surface area contributed by atoms with Crippen LogP contribution in [0, 0.1) is 5.92 Å². The lowest BCUT2D eigenvalue weighted by molar-refractivity contribution is -0.151. The molecule has 0 spiro atoms. The zero-order valence-corrected chi connectivity index (χ0v) is 15.4. The van der Waals surface area contributed by atoms with Gasteiger partial charge in [0.1, 0.15) is 12.1 Å². The lowest BCUT2D eigenvalue weighted by Gasteiger charge is -2.26. The van der Waals surface area contributed by atoms with Gasteiger partial charge < -0.3 is 20.1 Å². The van der Waals surface area contributed by atoms with E-state index in [0.717, 1.165) is 0 Å². The Labute approximate surface area is 153 Å². The molecule has 1 aromatic rings. The molecule has 2 N–H and O–H groups in total. The van der Waals surface area contributed by atoms with E-state index >= 15 is 0 Å². The first kappa shape index (κ1) is 19.9. The molecule has 1 fully saturated rings. The number of carbonyl (C=O) groups is 3. The molecule has 7 nitrogen and oxygen atoms in total. The van der Waals surface area contributed by atoms with E-state index in [-0.39, 0.29) is 24.8 Å². The van der Waals surface area contributed by atoms with Crippen LogP contribution >= 0.6 is 0 Å². The molecule has 2 rings (SSSR count). The number of likely N-dealkylation sites (tertiary alicyclic amines) is 1. The Kier molecular flexibility index (Phi) is 6.74. The summed E-state index contributed by atoms with van der Waals surface area (Å²) in [6, 6.07) is 7.08. The SMILES string of the molecule is COC(=O)C1CC(OC(=O)c2ccccc2)CN1C(=O)C(N)CC(C)C. The molecule has 1 saturated heterocycles. The molecule has 3 unspecified atom stereocenters. The quantitative estimate of drug-likeness (QED) is 0.767. The normalized spacial score (nSPS) is 20.7. The van der Waals surface area contributed by atoms with Crippen LogP contribution in [0.2, 0.25) is 0 Å². The van der Waals surface area contributed by atoms with E-state index in [9.17, 15) is 14.4 Å². The van der Waals surface area contributed by atoms with E-state index in [2.05, 4.69) is 0 Å². The lowest BCUT2D eigenvalue weighted by atomic mass is 10.0. The highest BCUT2D eigenvalue weighted by Gasteiger charge is 2.43. The molecule has 26 heavy (non-hydrogen) atoms. The van der Waals surface area contributed by atoms with Crippen molar-refractivity contribution in [2.24, 2.45) is 11.7 Å². The van der Waals surface area contributed by atoms with E-state index in [1.54, 1.807) is 30.3 Å². The summed E-state index contributed by atoms with van der Waals surface area (Å²) < 4.78 is 10.3. The first-order valence-corrected chi connectivity index (χ1v) is 8.73. The average molecular weight is 362 g/mol. The number of hydrogen-bond acceptors (Lipinski definition) is 6. The van der Waals surface area contributed by atoms with Crippen molar-refractivity contribution in [2.75, 3.05) is 13.7 Å². The van der Waals surface area contributed by atoms with Crippen molar-refractivity contribution in [1.29, 1.82) is 0 Å². The van der Waals surface area contributed by atoms with E-state index in [1.165, 1.54) is 12.0 Å². The maximum absolute atomic E-state index is 12.7. The van der Waals surface area contributed by atoms with Gasteiger partial charge in [-0.1, -0.05) is 32.0 Å². The number of ether oxygens (including phenoxy) is 2. The first-order chi connectivity index (χ1) is 12.3. The lowest BCUT2D eigenvalue weighted by Crippen LogP contribution is -2.49. The summed E-state index contributed by atoms with van der Waals surface area (Å²) in [6.45, 7) is 4.07. The summed E-state index contributed by atoms with van der Waals surface area (Å²) >= 11 is 0. The molecular formula is C19H26N2O5. The number of nitrogens with two attached hydrogens (primary N) is 1. The van der Waals surface area contributed by atoms with Gasteiger partial charge in [0.2, 0.25) is 5.91 Å². The minimum Gasteiger partial charge on any atom is -0.467 e. The number of amides is 1. The molecular weight excluding hydrogens is 336 g/mol. The topological polar surface area (TPSA) is 98.9 Å². The third-order valence-corrected chi connectivity index (χ3v) is 4.34. The highest BCUT2D eigenvalue weighted by atomic mass is 16.5. The summed E-state index contributed by atoms with van der Waals surface area (Å²) in [6.07, 6.45) is 0.130. The molecule has 0 bridgehead atoms. The monoisotopic (exact) mass is 362 g/mol. The Morgan fingerprint density at radius 2 is 1.88 bits per heavy atom. The number of rotatable bonds is 6.